The summed E-state index contributed by atoms with van der Waals surface area (Å²) in [7, 11) is 0. The van der Waals surface area contributed by atoms with Crippen molar-refractivity contribution in [2.24, 2.45) is 5.41 Å². The molecule has 1 amide bonds. The summed E-state index contributed by atoms with van der Waals surface area (Å²) >= 11 is 3.01. The summed E-state index contributed by atoms with van der Waals surface area (Å²) in [6, 6.07) is 4.07. The van der Waals surface area contributed by atoms with Crippen molar-refractivity contribution in [3.63, 3.8) is 0 Å². The van der Waals surface area contributed by atoms with E-state index in [1.807, 2.05) is 0 Å². The Morgan fingerprint density at radius 2 is 2.00 bits per heavy atom. The number of nitrogens with one attached hydrogen (secondary N) is 1. The van der Waals surface area contributed by atoms with E-state index in [1.165, 1.54) is 12.1 Å². The summed E-state index contributed by atoms with van der Waals surface area (Å²) in [6.07, 6.45) is 2.85. The highest BCUT2D eigenvalue weighted by Crippen LogP contribution is 2.37. The number of hydrogen-bond acceptors (Lipinski definition) is 2. The van der Waals surface area contributed by atoms with E-state index in [-0.39, 0.29) is 16.6 Å². The summed E-state index contributed by atoms with van der Waals surface area (Å²) in [5.74, 6) is -1.85. The van der Waals surface area contributed by atoms with Gasteiger partial charge in [-0.25, -0.2) is 4.39 Å². The quantitative estimate of drug-likeness (QED) is 0.883. The standard InChI is InChI=1S/C14H15BrFNO3/c15-10-4-3-9(7-11(10)16)12(18)17-8-14(13(19)20)5-1-2-6-14/h3-4,7H,1-2,5-6,8H2,(H,17,18)(H,19,20). The van der Waals surface area contributed by atoms with E-state index < -0.39 is 23.1 Å². The lowest BCUT2D eigenvalue weighted by molar-refractivity contribution is -0.148. The third-order valence-electron chi connectivity index (χ3n) is 3.78. The van der Waals surface area contributed by atoms with Crippen LogP contribution in [0.25, 0.3) is 0 Å². The van der Waals surface area contributed by atoms with Crippen molar-refractivity contribution >= 4 is 27.8 Å². The number of benzene rings is 1. The van der Waals surface area contributed by atoms with E-state index in [0.29, 0.717) is 12.8 Å². The van der Waals surface area contributed by atoms with Crippen LogP contribution in [-0.2, 0) is 4.79 Å². The molecule has 20 heavy (non-hydrogen) atoms. The second-order valence-corrected chi connectivity index (χ2v) is 5.96. The SMILES string of the molecule is O=C(NCC1(C(=O)O)CCCC1)c1ccc(Br)c(F)c1. The lowest BCUT2D eigenvalue weighted by atomic mass is 9.86. The number of carboxylic acid groups (broad SMARTS) is 1. The van der Waals surface area contributed by atoms with Gasteiger partial charge >= 0.3 is 5.97 Å². The fourth-order valence-electron chi connectivity index (χ4n) is 2.51. The van der Waals surface area contributed by atoms with Crippen LogP contribution in [0.3, 0.4) is 0 Å². The molecule has 108 valence electrons. The maximum atomic E-state index is 13.4. The van der Waals surface area contributed by atoms with Crippen molar-refractivity contribution in [3.05, 3.63) is 34.1 Å². The van der Waals surface area contributed by atoms with Crippen LogP contribution in [0.1, 0.15) is 36.0 Å². The van der Waals surface area contributed by atoms with Crippen LogP contribution in [0.5, 0.6) is 0 Å². The molecule has 1 saturated carbocycles. The van der Waals surface area contributed by atoms with E-state index in [4.69, 9.17) is 0 Å². The summed E-state index contributed by atoms with van der Waals surface area (Å²) < 4.78 is 13.6. The third kappa shape index (κ3) is 3.00. The maximum absolute atomic E-state index is 13.4. The Bertz CT molecular complexity index is 541. The monoisotopic (exact) mass is 343 g/mol. The molecule has 1 fully saturated rings. The predicted octanol–water partition coefficient (Wildman–Crippen LogP) is 2.96. The van der Waals surface area contributed by atoms with Crippen LogP contribution in [0, 0.1) is 11.2 Å². The van der Waals surface area contributed by atoms with Gasteiger partial charge in [-0.05, 0) is 47.0 Å². The van der Waals surface area contributed by atoms with E-state index >= 15 is 0 Å². The number of carbonyl (C=O) groups is 2. The molecule has 2 rings (SSSR count). The van der Waals surface area contributed by atoms with Gasteiger partial charge in [0.1, 0.15) is 5.82 Å². The normalized spacial score (nSPS) is 16.9. The fourth-order valence-corrected chi connectivity index (χ4v) is 2.75. The Kier molecular flexibility index (Phi) is 4.42. The minimum Gasteiger partial charge on any atom is -0.481 e. The number of carboxylic acids is 1. The number of amides is 1. The first-order valence-corrected chi connectivity index (χ1v) is 7.21. The van der Waals surface area contributed by atoms with Crippen LogP contribution < -0.4 is 5.32 Å². The zero-order valence-corrected chi connectivity index (χ0v) is 12.4. The van der Waals surface area contributed by atoms with Crippen LogP contribution in [0.4, 0.5) is 4.39 Å². The number of halogens is 2. The molecule has 1 aromatic carbocycles. The lowest BCUT2D eigenvalue weighted by Crippen LogP contribution is -2.41. The molecule has 0 spiro atoms. The van der Waals surface area contributed by atoms with Gasteiger partial charge in [0, 0.05) is 12.1 Å². The molecule has 0 aliphatic heterocycles. The van der Waals surface area contributed by atoms with Gasteiger partial charge in [-0.3, -0.25) is 9.59 Å². The van der Waals surface area contributed by atoms with Gasteiger partial charge in [-0.2, -0.15) is 0 Å². The summed E-state index contributed by atoms with van der Waals surface area (Å²) in [5, 5.41) is 11.9. The van der Waals surface area contributed by atoms with Gasteiger partial charge in [-0.1, -0.05) is 12.8 Å². The van der Waals surface area contributed by atoms with Crippen LogP contribution in [0.2, 0.25) is 0 Å². The number of carbonyl (C=O) groups excluding carboxylic acids is 1. The molecule has 0 unspecified atom stereocenters. The molecule has 0 atom stereocenters. The summed E-state index contributed by atoms with van der Waals surface area (Å²) in [6.45, 7) is 0.0822. The first kappa shape index (κ1) is 15.0. The summed E-state index contributed by atoms with van der Waals surface area (Å²) in [4.78, 5) is 23.3. The van der Waals surface area contributed by atoms with Crippen LogP contribution in [-0.4, -0.2) is 23.5 Å². The highest BCUT2D eigenvalue weighted by atomic mass is 79.9. The average molecular weight is 344 g/mol. The molecule has 1 aliphatic carbocycles. The van der Waals surface area contributed by atoms with E-state index in [1.54, 1.807) is 0 Å². The molecular formula is C14H15BrFNO3. The first-order valence-electron chi connectivity index (χ1n) is 6.41. The average Bonchev–Trinajstić information content (AvgIpc) is 2.89. The van der Waals surface area contributed by atoms with Crippen LogP contribution in [0.15, 0.2) is 22.7 Å². The predicted molar refractivity (Wildman–Crippen MR) is 75.0 cm³/mol. The first-order chi connectivity index (χ1) is 9.44. The van der Waals surface area contributed by atoms with Gasteiger partial charge in [0.25, 0.3) is 5.91 Å². The molecule has 0 heterocycles. The van der Waals surface area contributed by atoms with Gasteiger partial charge in [0.05, 0.1) is 9.89 Å². The third-order valence-corrected chi connectivity index (χ3v) is 4.43. The molecule has 0 bridgehead atoms. The van der Waals surface area contributed by atoms with E-state index in [9.17, 15) is 19.1 Å². The zero-order chi connectivity index (χ0) is 14.8. The molecule has 1 aliphatic rings. The minimum atomic E-state index is -0.878. The highest BCUT2D eigenvalue weighted by molar-refractivity contribution is 9.10. The van der Waals surface area contributed by atoms with Crippen molar-refractivity contribution in [1.82, 2.24) is 5.32 Å². The molecule has 4 nitrogen and oxygen atoms in total. The van der Waals surface area contributed by atoms with E-state index in [0.717, 1.165) is 18.9 Å². The lowest BCUT2D eigenvalue weighted by Gasteiger charge is -2.23. The van der Waals surface area contributed by atoms with Crippen LogP contribution >= 0.6 is 15.9 Å². The van der Waals surface area contributed by atoms with Gasteiger partial charge in [0.2, 0.25) is 0 Å². The van der Waals surface area contributed by atoms with Gasteiger partial charge in [-0.15, -0.1) is 0 Å². The topological polar surface area (TPSA) is 66.4 Å². The number of rotatable bonds is 4. The Morgan fingerprint density at radius 3 is 2.55 bits per heavy atom. The van der Waals surface area contributed by atoms with Crippen molar-refractivity contribution in [2.75, 3.05) is 6.54 Å². The second-order valence-electron chi connectivity index (χ2n) is 5.10. The Hall–Kier alpha value is -1.43. The maximum Gasteiger partial charge on any atom is 0.311 e. The smallest absolute Gasteiger partial charge is 0.311 e. The molecule has 6 heteroatoms. The Labute approximate surface area is 124 Å². The molecule has 0 aromatic heterocycles. The molecule has 1 aromatic rings. The van der Waals surface area contributed by atoms with Crippen molar-refractivity contribution < 1.29 is 19.1 Å². The highest BCUT2D eigenvalue weighted by Gasteiger charge is 2.41. The van der Waals surface area contributed by atoms with Crippen molar-refractivity contribution in [1.29, 1.82) is 0 Å². The molecule has 2 N–H and O–H groups in total. The Balaban J connectivity index is 2.04. The molecule has 0 radical (unpaired) electrons. The zero-order valence-electron chi connectivity index (χ0n) is 10.8. The summed E-state index contributed by atoms with van der Waals surface area (Å²) in [5.41, 5.74) is -0.687. The minimum absolute atomic E-state index is 0.0822. The Morgan fingerprint density at radius 1 is 1.35 bits per heavy atom. The number of hydrogen-bond donors (Lipinski definition) is 2. The second kappa shape index (κ2) is 5.91. The van der Waals surface area contributed by atoms with Gasteiger partial charge < -0.3 is 10.4 Å². The van der Waals surface area contributed by atoms with Crippen molar-refractivity contribution in [3.8, 4) is 0 Å². The fraction of sp³-hybridized carbons (Fsp3) is 0.429. The largest absolute Gasteiger partial charge is 0.481 e. The van der Waals surface area contributed by atoms with Gasteiger partial charge in [0.15, 0.2) is 0 Å². The van der Waals surface area contributed by atoms with Crippen molar-refractivity contribution in [2.45, 2.75) is 25.7 Å². The molecular weight excluding hydrogens is 329 g/mol. The molecule has 0 saturated heterocycles. The van der Waals surface area contributed by atoms with E-state index in [2.05, 4.69) is 21.2 Å². The number of aliphatic carboxylic acids is 1.